The van der Waals surface area contributed by atoms with Crippen LogP contribution in [0.25, 0.3) is 0 Å². The van der Waals surface area contributed by atoms with E-state index < -0.39 is 17.7 Å². The number of nitrogens with zero attached hydrogens (tertiary/aromatic N) is 2. The smallest absolute Gasteiger partial charge is 0.340 e. The van der Waals surface area contributed by atoms with Gasteiger partial charge < -0.3 is 15.0 Å². The first-order valence-electron chi connectivity index (χ1n) is 8.34. The number of likely N-dealkylation sites (tertiary alicyclic amines) is 1. The van der Waals surface area contributed by atoms with Crippen molar-refractivity contribution in [2.75, 3.05) is 19.0 Å². The van der Waals surface area contributed by atoms with Gasteiger partial charge in [0.15, 0.2) is 0 Å². The minimum Gasteiger partial charge on any atom is -0.465 e. The Labute approximate surface area is 155 Å². The van der Waals surface area contributed by atoms with Crippen LogP contribution in [-0.2, 0) is 20.9 Å². The van der Waals surface area contributed by atoms with Gasteiger partial charge in [0, 0.05) is 24.8 Å². The number of hydrogen-bond acceptors (Lipinski definition) is 5. The minimum atomic E-state index is -0.832. The fourth-order valence-corrected chi connectivity index (χ4v) is 2.90. The number of amides is 2. The van der Waals surface area contributed by atoms with Crippen molar-refractivity contribution in [2.24, 2.45) is 5.92 Å². The summed E-state index contributed by atoms with van der Waals surface area (Å²) in [5, 5.41) is 2.63. The summed E-state index contributed by atoms with van der Waals surface area (Å²) >= 11 is 0. The number of carbonyl (C=O) groups is 3. The number of hydrogen-bond donors (Lipinski definition) is 1. The number of methoxy groups -OCH3 is 1. The zero-order valence-corrected chi connectivity index (χ0v) is 14.6. The van der Waals surface area contributed by atoms with Crippen LogP contribution in [0.4, 0.5) is 10.1 Å². The quantitative estimate of drug-likeness (QED) is 0.812. The van der Waals surface area contributed by atoms with E-state index in [1.807, 2.05) is 12.1 Å². The van der Waals surface area contributed by atoms with Gasteiger partial charge in [0.05, 0.1) is 30.8 Å². The number of benzene rings is 1. The van der Waals surface area contributed by atoms with Gasteiger partial charge in [0.1, 0.15) is 5.82 Å². The summed E-state index contributed by atoms with van der Waals surface area (Å²) in [7, 11) is 1.15. The molecule has 1 N–H and O–H groups in total. The lowest BCUT2D eigenvalue weighted by Gasteiger charge is -2.16. The largest absolute Gasteiger partial charge is 0.465 e. The van der Waals surface area contributed by atoms with Gasteiger partial charge in [0.25, 0.3) is 0 Å². The van der Waals surface area contributed by atoms with Gasteiger partial charge >= 0.3 is 5.97 Å². The highest BCUT2D eigenvalue weighted by Crippen LogP contribution is 2.22. The molecule has 7 nitrogen and oxygen atoms in total. The maximum absolute atomic E-state index is 13.7. The van der Waals surface area contributed by atoms with E-state index in [-0.39, 0.29) is 36.0 Å². The molecule has 1 saturated heterocycles. The Kier molecular flexibility index (Phi) is 5.44. The third-order valence-electron chi connectivity index (χ3n) is 4.30. The molecular weight excluding hydrogens is 353 g/mol. The summed E-state index contributed by atoms with van der Waals surface area (Å²) < 4.78 is 18.2. The summed E-state index contributed by atoms with van der Waals surface area (Å²) in [6.07, 6.45) is 1.73. The van der Waals surface area contributed by atoms with E-state index >= 15 is 0 Å². The first-order valence-corrected chi connectivity index (χ1v) is 8.34. The first kappa shape index (κ1) is 18.5. The van der Waals surface area contributed by atoms with Crippen LogP contribution >= 0.6 is 0 Å². The molecule has 1 atom stereocenters. The average Bonchev–Trinajstić information content (AvgIpc) is 3.04. The second-order valence-corrected chi connectivity index (χ2v) is 6.17. The topological polar surface area (TPSA) is 88.6 Å². The fourth-order valence-electron chi connectivity index (χ4n) is 2.90. The number of ether oxygens (including phenoxy) is 1. The molecular formula is C19H18FN3O4. The maximum atomic E-state index is 13.7. The van der Waals surface area contributed by atoms with Crippen LogP contribution in [0.3, 0.4) is 0 Å². The van der Waals surface area contributed by atoms with Crippen molar-refractivity contribution in [2.45, 2.75) is 13.0 Å². The average molecular weight is 371 g/mol. The van der Waals surface area contributed by atoms with Gasteiger partial charge in [-0.05, 0) is 30.3 Å². The van der Waals surface area contributed by atoms with Gasteiger partial charge in [-0.15, -0.1) is 0 Å². The normalized spacial score (nSPS) is 16.3. The number of esters is 1. The van der Waals surface area contributed by atoms with Crippen LogP contribution in [-0.4, -0.2) is 41.3 Å². The Morgan fingerprint density at radius 3 is 2.85 bits per heavy atom. The number of halogens is 1. The number of aromatic nitrogens is 1. The Morgan fingerprint density at radius 2 is 2.15 bits per heavy atom. The zero-order valence-electron chi connectivity index (χ0n) is 14.6. The number of nitrogens with one attached hydrogen (secondary N) is 1. The lowest BCUT2D eigenvalue weighted by molar-refractivity contribution is -0.128. The second-order valence-electron chi connectivity index (χ2n) is 6.17. The molecule has 27 heavy (non-hydrogen) atoms. The number of anilines is 1. The second kappa shape index (κ2) is 7.94. The van der Waals surface area contributed by atoms with Crippen LogP contribution in [0.15, 0.2) is 42.6 Å². The predicted octanol–water partition coefficient (Wildman–Crippen LogP) is 1.99. The van der Waals surface area contributed by atoms with Crippen LogP contribution in [0.2, 0.25) is 0 Å². The van der Waals surface area contributed by atoms with Crippen molar-refractivity contribution in [3.63, 3.8) is 0 Å². The van der Waals surface area contributed by atoms with E-state index in [2.05, 4.69) is 15.0 Å². The molecule has 0 radical (unpaired) electrons. The Hall–Kier alpha value is -3.29. The summed E-state index contributed by atoms with van der Waals surface area (Å²) in [6, 6.07) is 9.07. The first-order chi connectivity index (χ1) is 13.0. The van der Waals surface area contributed by atoms with Crippen LogP contribution in [0.5, 0.6) is 0 Å². The molecule has 2 amide bonds. The molecule has 2 heterocycles. The third-order valence-corrected chi connectivity index (χ3v) is 4.30. The van der Waals surface area contributed by atoms with Crippen LogP contribution in [0, 0.1) is 11.7 Å². The Bertz CT molecular complexity index is 873. The monoisotopic (exact) mass is 371 g/mol. The highest BCUT2D eigenvalue weighted by Gasteiger charge is 2.34. The molecule has 1 fully saturated rings. The van der Waals surface area contributed by atoms with Crippen molar-refractivity contribution in [3.8, 4) is 0 Å². The molecule has 140 valence electrons. The lowest BCUT2D eigenvalue weighted by Crippen LogP contribution is -2.28. The SMILES string of the molecule is COC(=O)c1cc(NC(=O)[C@H]2CC(=O)N(Cc3ccccn3)C2)ccc1F. The Balaban J connectivity index is 1.65. The van der Waals surface area contributed by atoms with E-state index in [0.717, 1.165) is 18.9 Å². The highest BCUT2D eigenvalue weighted by molar-refractivity contribution is 5.98. The van der Waals surface area contributed by atoms with Crippen LogP contribution in [0.1, 0.15) is 22.5 Å². The fraction of sp³-hybridized carbons (Fsp3) is 0.263. The molecule has 2 aromatic rings. The number of rotatable bonds is 5. The van der Waals surface area contributed by atoms with E-state index in [9.17, 15) is 18.8 Å². The van der Waals surface area contributed by atoms with E-state index in [1.165, 1.54) is 12.1 Å². The number of carbonyl (C=O) groups excluding carboxylic acids is 3. The summed E-state index contributed by atoms with van der Waals surface area (Å²) in [6.45, 7) is 0.610. The third kappa shape index (κ3) is 4.28. The molecule has 0 saturated carbocycles. The highest BCUT2D eigenvalue weighted by atomic mass is 19.1. The van der Waals surface area contributed by atoms with E-state index in [0.29, 0.717) is 6.54 Å². The summed E-state index contributed by atoms with van der Waals surface area (Å²) in [4.78, 5) is 42.0. The molecule has 8 heteroatoms. The van der Waals surface area contributed by atoms with Gasteiger partial charge in [-0.3, -0.25) is 14.6 Å². The van der Waals surface area contributed by atoms with Gasteiger partial charge in [-0.1, -0.05) is 6.07 Å². The molecule has 1 aromatic heterocycles. The van der Waals surface area contributed by atoms with Crippen molar-refractivity contribution in [1.82, 2.24) is 9.88 Å². The standard InChI is InChI=1S/C19H18FN3O4/c1-27-19(26)15-9-13(5-6-16(15)20)22-18(25)12-8-17(24)23(10-12)11-14-4-2-3-7-21-14/h2-7,9,12H,8,10-11H2,1H3,(H,22,25)/t12-/m0/s1. The molecule has 0 aliphatic carbocycles. The van der Waals surface area contributed by atoms with E-state index in [1.54, 1.807) is 17.2 Å². The molecule has 1 aliphatic rings. The van der Waals surface area contributed by atoms with Gasteiger partial charge in [-0.2, -0.15) is 0 Å². The lowest BCUT2D eigenvalue weighted by atomic mass is 10.1. The van der Waals surface area contributed by atoms with Crippen molar-refractivity contribution >= 4 is 23.5 Å². The summed E-state index contributed by atoms with van der Waals surface area (Å²) in [5.41, 5.74) is 0.736. The number of pyridine rings is 1. The molecule has 3 rings (SSSR count). The zero-order chi connectivity index (χ0) is 19.4. The molecule has 0 unspecified atom stereocenters. The van der Waals surface area contributed by atoms with Gasteiger partial charge in [-0.25, -0.2) is 9.18 Å². The molecule has 1 aromatic carbocycles. The maximum Gasteiger partial charge on any atom is 0.340 e. The molecule has 0 spiro atoms. The van der Waals surface area contributed by atoms with Gasteiger partial charge in [0.2, 0.25) is 11.8 Å². The molecule has 1 aliphatic heterocycles. The predicted molar refractivity (Wildman–Crippen MR) is 94.1 cm³/mol. The van der Waals surface area contributed by atoms with Crippen LogP contribution < -0.4 is 5.32 Å². The Morgan fingerprint density at radius 1 is 1.33 bits per heavy atom. The van der Waals surface area contributed by atoms with Crippen molar-refractivity contribution < 1.29 is 23.5 Å². The minimum absolute atomic E-state index is 0.0870. The molecule has 0 bridgehead atoms. The van der Waals surface area contributed by atoms with Crippen molar-refractivity contribution in [3.05, 3.63) is 59.7 Å². The van der Waals surface area contributed by atoms with E-state index in [4.69, 9.17) is 0 Å². The summed E-state index contributed by atoms with van der Waals surface area (Å²) in [5.74, 6) is -2.60. The van der Waals surface area contributed by atoms with Crippen molar-refractivity contribution in [1.29, 1.82) is 0 Å².